The number of carbonyl (C=O) groups excluding carboxylic acids is 1. The van der Waals surface area contributed by atoms with Crippen LogP contribution in [0.5, 0.6) is 23.0 Å². The van der Waals surface area contributed by atoms with Crippen molar-refractivity contribution >= 4 is 11.9 Å². The van der Waals surface area contributed by atoms with E-state index in [2.05, 4.69) is 0 Å². The number of benzene rings is 2. The van der Waals surface area contributed by atoms with Gasteiger partial charge in [-0.25, -0.2) is 9.59 Å². The molecule has 16 heteroatoms. The van der Waals surface area contributed by atoms with Gasteiger partial charge in [0.05, 0.1) is 38.6 Å². The summed E-state index contributed by atoms with van der Waals surface area (Å²) in [6.45, 7) is -2.05. The second-order valence-electron chi connectivity index (χ2n) is 9.79. The fourth-order valence-corrected chi connectivity index (χ4v) is 4.45. The number of aromatic carboxylic acids is 1. The molecule has 7 N–H and O–H groups in total. The zero-order valence-corrected chi connectivity index (χ0v) is 22.9. The molecule has 16 nitrogen and oxygen atoms in total. The second kappa shape index (κ2) is 13.3. The van der Waals surface area contributed by atoms with E-state index in [1.807, 2.05) is 0 Å². The Labute approximate surface area is 244 Å². The second-order valence-corrected chi connectivity index (χ2v) is 9.79. The van der Waals surface area contributed by atoms with Gasteiger partial charge in [0, 0.05) is 0 Å². The average molecular weight is 613 g/mol. The van der Waals surface area contributed by atoms with Gasteiger partial charge in [-0.1, -0.05) is 0 Å². The molecule has 0 unspecified atom stereocenters. The van der Waals surface area contributed by atoms with Crippen LogP contribution in [0.4, 0.5) is 0 Å². The van der Waals surface area contributed by atoms with Crippen molar-refractivity contribution < 1.29 is 78.5 Å². The zero-order chi connectivity index (χ0) is 31.5. The molecule has 2 aromatic rings. The SMILES string of the molecule is COc1cc(C(=O)OC[C@]2(O)CO[C@@H](O[C@@H]3[C@H](Oc4ccc(C(=O)O)cc4OC)O[C@H](CO)[C@@H](O)[C@@H]3O)[C@@H]2O)ccc1O. The molecule has 0 aromatic heterocycles. The zero-order valence-electron chi connectivity index (χ0n) is 22.9. The van der Waals surface area contributed by atoms with Gasteiger partial charge in [0.25, 0.3) is 0 Å². The maximum atomic E-state index is 12.5. The van der Waals surface area contributed by atoms with Crippen LogP contribution >= 0.6 is 0 Å². The molecular weight excluding hydrogens is 580 g/mol. The van der Waals surface area contributed by atoms with Crippen LogP contribution in [0.2, 0.25) is 0 Å². The number of ether oxygens (including phenoxy) is 7. The monoisotopic (exact) mass is 612 g/mol. The minimum absolute atomic E-state index is 0.0111. The van der Waals surface area contributed by atoms with E-state index >= 15 is 0 Å². The average Bonchev–Trinajstić information content (AvgIpc) is 3.28. The van der Waals surface area contributed by atoms with Crippen molar-refractivity contribution in [3.63, 3.8) is 0 Å². The van der Waals surface area contributed by atoms with Gasteiger partial charge >= 0.3 is 11.9 Å². The van der Waals surface area contributed by atoms with Crippen LogP contribution < -0.4 is 14.2 Å². The van der Waals surface area contributed by atoms with Crippen molar-refractivity contribution in [3.8, 4) is 23.0 Å². The predicted octanol–water partition coefficient (Wildman–Crippen LogP) is -1.38. The summed E-state index contributed by atoms with van der Waals surface area (Å²) in [5.41, 5.74) is -2.29. The summed E-state index contributed by atoms with van der Waals surface area (Å²) in [7, 11) is 2.55. The van der Waals surface area contributed by atoms with E-state index in [-0.39, 0.29) is 34.1 Å². The number of esters is 1. The van der Waals surface area contributed by atoms with Crippen LogP contribution in [0.3, 0.4) is 0 Å². The fourth-order valence-electron chi connectivity index (χ4n) is 4.45. The number of phenolic OH excluding ortho intramolecular Hbond substituents is 1. The maximum absolute atomic E-state index is 12.5. The molecule has 8 atom stereocenters. The van der Waals surface area contributed by atoms with Crippen molar-refractivity contribution in [2.45, 2.75) is 48.7 Å². The minimum atomic E-state index is -2.17. The lowest BCUT2D eigenvalue weighted by Gasteiger charge is -2.42. The Morgan fingerprint density at radius 2 is 1.63 bits per heavy atom. The number of aliphatic hydroxyl groups is 5. The molecule has 0 spiro atoms. The van der Waals surface area contributed by atoms with Crippen molar-refractivity contribution in [3.05, 3.63) is 47.5 Å². The van der Waals surface area contributed by atoms with Crippen molar-refractivity contribution in [2.75, 3.05) is 34.0 Å². The first-order valence-electron chi connectivity index (χ1n) is 12.8. The van der Waals surface area contributed by atoms with Gasteiger partial charge in [0.2, 0.25) is 6.29 Å². The van der Waals surface area contributed by atoms with E-state index in [1.54, 1.807) is 0 Å². The van der Waals surface area contributed by atoms with E-state index in [0.29, 0.717) is 0 Å². The predicted molar refractivity (Wildman–Crippen MR) is 139 cm³/mol. The van der Waals surface area contributed by atoms with E-state index in [9.17, 15) is 45.3 Å². The van der Waals surface area contributed by atoms with Crippen molar-refractivity contribution in [2.24, 2.45) is 0 Å². The number of methoxy groups -OCH3 is 2. The molecule has 0 saturated carbocycles. The third-order valence-electron chi connectivity index (χ3n) is 6.94. The first-order valence-corrected chi connectivity index (χ1v) is 12.8. The summed E-state index contributed by atoms with van der Waals surface area (Å²) in [5, 5.41) is 71.7. The highest BCUT2D eigenvalue weighted by Gasteiger charge is 2.54. The normalized spacial score (nSPS) is 30.4. The molecule has 2 aliphatic rings. The van der Waals surface area contributed by atoms with Crippen LogP contribution in [-0.4, -0.2) is 130 Å². The van der Waals surface area contributed by atoms with E-state index in [1.165, 1.54) is 50.6 Å². The van der Waals surface area contributed by atoms with Crippen LogP contribution in [-0.2, 0) is 18.9 Å². The molecule has 2 saturated heterocycles. The number of carboxylic acid groups (broad SMARTS) is 1. The Kier molecular flexibility index (Phi) is 9.93. The first-order chi connectivity index (χ1) is 20.4. The molecule has 0 aliphatic carbocycles. The number of aromatic hydroxyl groups is 1. The van der Waals surface area contributed by atoms with Crippen LogP contribution in [0, 0.1) is 0 Å². The summed E-state index contributed by atoms with van der Waals surface area (Å²) in [6.07, 6.45) is -11.4. The van der Waals surface area contributed by atoms with Gasteiger partial charge in [-0.05, 0) is 36.4 Å². The molecular formula is C27H32O16. The molecule has 2 aliphatic heterocycles. The molecule has 2 fully saturated rings. The van der Waals surface area contributed by atoms with Gasteiger partial charge in [-0.15, -0.1) is 0 Å². The summed E-state index contributed by atoms with van der Waals surface area (Å²) in [6, 6.07) is 7.33. The lowest BCUT2D eigenvalue weighted by atomic mass is 9.98. The van der Waals surface area contributed by atoms with Crippen LogP contribution in [0.1, 0.15) is 20.7 Å². The molecule has 0 radical (unpaired) electrons. The van der Waals surface area contributed by atoms with Crippen molar-refractivity contribution in [1.29, 1.82) is 0 Å². The first kappa shape index (κ1) is 32.2. The van der Waals surface area contributed by atoms with Gasteiger partial charge < -0.3 is 68.9 Å². The quantitative estimate of drug-likeness (QED) is 0.145. The third-order valence-corrected chi connectivity index (χ3v) is 6.94. The number of carbonyl (C=O) groups is 2. The van der Waals surface area contributed by atoms with E-state index in [0.717, 1.165) is 0 Å². The summed E-state index contributed by atoms with van der Waals surface area (Å²) in [4.78, 5) is 23.8. The largest absolute Gasteiger partial charge is 0.504 e. The fraction of sp³-hybridized carbons (Fsp3) is 0.481. The van der Waals surface area contributed by atoms with Gasteiger partial charge in [0.1, 0.15) is 31.0 Å². The lowest BCUT2D eigenvalue weighted by molar-refractivity contribution is -0.319. The summed E-state index contributed by atoms with van der Waals surface area (Å²) in [5.74, 6) is -2.41. The number of hydrogen-bond donors (Lipinski definition) is 7. The molecule has 0 amide bonds. The standard InChI is InChI=1S/C27H32O16/c1-37-16-8-13(3-5-14(16)29)24(35)39-10-27(36)11-40-26(22(27)32)43-21-20(31)19(30)18(9-28)42-25(21)41-15-6-4-12(23(33)34)7-17(15)38-2/h3-8,18-22,25-26,28-32,36H,9-11H2,1-2H3,(H,33,34)/t18-,19-,20+,21+,22+,25-,26+,27+/m1/s1. The lowest BCUT2D eigenvalue weighted by Crippen LogP contribution is -2.62. The molecule has 2 aromatic carbocycles. The third kappa shape index (κ3) is 6.76. The van der Waals surface area contributed by atoms with Gasteiger partial charge in [-0.2, -0.15) is 0 Å². The molecule has 236 valence electrons. The van der Waals surface area contributed by atoms with Gasteiger partial charge in [0.15, 0.2) is 41.0 Å². The summed E-state index contributed by atoms with van der Waals surface area (Å²) < 4.78 is 37.7. The maximum Gasteiger partial charge on any atom is 0.338 e. The summed E-state index contributed by atoms with van der Waals surface area (Å²) >= 11 is 0. The number of rotatable bonds is 11. The molecule has 4 rings (SSSR count). The Bertz CT molecular complexity index is 1300. The van der Waals surface area contributed by atoms with Gasteiger partial charge in [-0.3, -0.25) is 0 Å². The van der Waals surface area contributed by atoms with Crippen LogP contribution in [0.25, 0.3) is 0 Å². The Hall–Kier alpha value is -3.74. The molecule has 0 bridgehead atoms. The molecule has 43 heavy (non-hydrogen) atoms. The number of phenols is 1. The highest BCUT2D eigenvalue weighted by molar-refractivity contribution is 5.90. The minimum Gasteiger partial charge on any atom is -0.504 e. The molecule has 2 heterocycles. The highest BCUT2D eigenvalue weighted by Crippen LogP contribution is 2.35. The number of hydrogen-bond acceptors (Lipinski definition) is 15. The number of aliphatic hydroxyl groups excluding tert-OH is 4. The van der Waals surface area contributed by atoms with Crippen molar-refractivity contribution in [1.82, 2.24) is 0 Å². The van der Waals surface area contributed by atoms with Crippen LogP contribution in [0.15, 0.2) is 36.4 Å². The highest BCUT2D eigenvalue weighted by atomic mass is 16.8. The van der Waals surface area contributed by atoms with E-state index in [4.69, 9.17) is 33.2 Å². The smallest absolute Gasteiger partial charge is 0.338 e. The topological polar surface area (TPSA) is 240 Å². The number of carboxylic acids is 1. The Morgan fingerprint density at radius 1 is 0.953 bits per heavy atom. The Morgan fingerprint density at radius 3 is 2.28 bits per heavy atom. The Balaban J connectivity index is 1.48. The van der Waals surface area contributed by atoms with E-state index < -0.39 is 80.5 Å².